The van der Waals surface area contributed by atoms with Crippen LogP contribution in [0.3, 0.4) is 0 Å². The summed E-state index contributed by atoms with van der Waals surface area (Å²) >= 11 is 1.20. The summed E-state index contributed by atoms with van der Waals surface area (Å²) in [5.41, 5.74) is 1.66. The van der Waals surface area contributed by atoms with Crippen molar-refractivity contribution < 1.29 is 27.6 Å². The lowest BCUT2D eigenvalue weighted by Gasteiger charge is -2.08. The second-order valence-electron chi connectivity index (χ2n) is 7.05. The van der Waals surface area contributed by atoms with Gasteiger partial charge in [-0.3, -0.25) is 4.79 Å². The highest BCUT2D eigenvalue weighted by Crippen LogP contribution is 2.33. The van der Waals surface area contributed by atoms with Crippen molar-refractivity contribution in [3.8, 4) is 34.1 Å². The van der Waals surface area contributed by atoms with Crippen LogP contribution in [0.2, 0.25) is 0 Å². The van der Waals surface area contributed by atoms with Crippen molar-refractivity contribution in [2.45, 2.75) is 25.9 Å². The molecule has 4 rings (SSSR count). The average molecular weight is 487 g/mol. The molecule has 0 radical (unpaired) electrons. The standard InChI is InChI=1S/C23H20F2N4O4S/c1-31-15-11-9-14(10-12-15)21-28-20(33-29-21)8-4-7-19(30)27-23-26-17(13-34-23)16-5-2-3-6-18(16)32-22(24)25/h2-3,5-6,9-13,22H,4,7-8H2,1H3,(H,26,27,30). The lowest BCUT2D eigenvalue weighted by atomic mass is 10.1. The lowest BCUT2D eigenvalue weighted by molar-refractivity contribution is -0.116. The predicted octanol–water partition coefficient (Wildman–Crippen LogP) is 5.43. The van der Waals surface area contributed by atoms with Gasteiger partial charge in [0.25, 0.3) is 0 Å². The Morgan fingerprint density at radius 2 is 1.94 bits per heavy atom. The number of thiazole rings is 1. The van der Waals surface area contributed by atoms with E-state index in [0.29, 0.717) is 40.9 Å². The minimum atomic E-state index is -2.94. The number of benzene rings is 2. The number of halogens is 2. The van der Waals surface area contributed by atoms with Crippen LogP contribution >= 0.6 is 11.3 Å². The van der Waals surface area contributed by atoms with E-state index in [4.69, 9.17) is 9.26 Å². The van der Waals surface area contributed by atoms with E-state index in [1.165, 1.54) is 17.4 Å². The molecular weight excluding hydrogens is 466 g/mol. The Labute approximate surface area is 197 Å². The van der Waals surface area contributed by atoms with Gasteiger partial charge in [-0.2, -0.15) is 13.8 Å². The van der Waals surface area contributed by atoms with Gasteiger partial charge in [-0.1, -0.05) is 17.3 Å². The van der Waals surface area contributed by atoms with Gasteiger partial charge < -0.3 is 19.3 Å². The number of ether oxygens (including phenoxy) is 2. The molecule has 0 fully saturated rings. The number of para-hydroxylation sites is 1. The van der Waals surface area contributed by atoms with Crippen LogP contribution in [-0.4, -0.2) is 34.8 Å². The van der Waals surface area contributed by atoms with Crippen molar-refractivity contribution in [2.75, 3.05) is 12.4 Å². The summed E-state index contributed by atoms with van der Waals surface area (Å²) in [6.45, 7) is -2.94. The van der Waals surface area contributed by atoms with Crippen LogP contribution in [0.25, 0.3) is 22.6 Å². The first-order chi connectivity index (χ1) is 16.5. The summed E-state index contributed by atoms with van der Waals surface area (Å²) in [4.78, 5) is 21.0. The van der Waals surface area contributed by atoms with Gasteiger partial charge in [0, 0.05) is 29.3 Å². The molecule has 0 aliphatic rings. The van der Waals surface area contributed by atoms with Crippen LogP contribution in [0.4, 0.5) is 13.9 Å². The summed E-state index contributed by atoms with van der Waals surface area (Å²) in [5, 5.41) is 8.73. The number of aryl methyl sites for hydroxylation is 1. The molecule has 0 spiro atoms. The molecule has 0 unspecified atom stereocenters. The number of alkyl halides is 2. The average Bonchev–Trinajstić information content (AvgIpc) is 3.49. The summed E-state index contributed by atoms with van der Waals surface area (Å²) in [6.07, 6.45) is 1.16. The van der Waals surface area contributed by atoms with Gasteiger partial charge in [-0.25, -0.2) is 4.98 Å². The zero-order chi connectivity index (χ0) is 23.9. The molecule has 0 saturated heterocycles. The Morgan fingerprint density at radius 1 is 1.15 bits per heavy atom. The number of amides is 1. The number of rotatable bonds is 10. The third-order valence-corrected chi connectivity index (χ3v) is 5.50. The van der Waals surface area contributed by atoms with Crippen molar-refractivity contribution >= 4 is 22.4 Å². The van der Waals surface area contributed by atoms with Gasteiger partial charge in [0.1, 0.15) is 11.5 Å². The first-order valence-corrected chi connectivity index (χ1v) is 11.2. The van der Waals surface area contributed by atoms with E-state index in [0.717, 1.165) is 11.3 Å². The molecular formula is C23H20F2N4O4S. The number of aromatic nitrogens is 3. The molecule has 0 aliphatic carbocycles. The molecule has 0 saturated carbocycles. The number of carbonyl (C=O) groups is 1. The minimum Gasteiger partial charge on any atom is -0.497 e. The third-order valence-electron chi connectivity index (χ3n) is 4.74. The van der Waals surface area contributed by atoms with Gasteiger partial charge >= 0.3 is 6.61 Å². The first-order valence-electron chi connectivity index (χ1n) is 10.3. The highest BCUT2D eigenvalue weighted by Gasteiger charge is 2.15. The monoisotopic (exact) mass is 486 g/mol. The highest BCUT2D eigenvalue weighted by atomic mass is 32.1. The van der Waals surface area contributed by atoms with Crippen LogP contribution < -0.4 is 14.8 Å². The number of hydrogen-bond acceptors (Lipinski definition) is 8. The topological polar surface area (TPSA) is 99.4 Å². The zero-order valence-corrected chi connectivity index (χ0v) is 18.9. The fourth-order valence-electron chi connectivity index (χ4n) is 3.13. The van der Waals surface area contributed by atoms with Crippen molar-refractivity contribution in [1.82, 2.24) is 15.1 Å². The summed E-state index contributed by atoms with van der Waals surface area (Å²) in [6, 6.07) is 13.7. The van der Waals surface area contributed by atoms with Crippen LogP contribution in [0, 0.1) is 0 Å². The van der Waals surface area contributed by atoms with Crippen molar-refractivity contribution in [1.29, 1.82) is 0 Å². The molecule has 2 aromatic carbocycles. The summed E-state index contributed by atoms with van der Waals surface area (Å²) < 4.78 is 40.2. The molecule has 0 atom stereocenters. The predicted molar refractivity (Wildman–Crippen MR) is 122 cm³/mol. The largest absolute Gasteiger partial charge is 0.497 e. The maximum absolute atomic E-state index is 12.6. The van der Waals surface area contributed by atoms with E-state index in [9.17, 15) is 13.6 Å². The van der Waals surface area contributed by atoms with E-state index >= 15 is 0 Å². The first kappa shape index (κ1) is 23.3. The second-order valence-corrected chi connectivity index (χ2v) is 7.91. The fraction of sp³-hybridized carbons (Fsp3) is 0.217. The zero-order valence-electron chi connectivity index (χ0n) is 18.0. The van der Waals surface area contributed by atoms with E-state index in [1.807, 2.05) is 24.3 Å². The molecule has 2 aromatic heterocycles. The molecule has 34 heavy (non-hydrogen) atoms. The van der Waals surface area contributed by atoms with Gasteiger partial charge in [-0.05, 0) is 42.8 Å². The van der Waals surface area contributed by atoms with Crippen molar-refractivity contribution in [3.63, 3.8) is 0 Å². The molecule has 4 aromatic rings. The van der Waals surface area contributed by atoms with Crippen LogP contribution in [0.1, 0.15) is 18.7 Å². The van der Waals surface area contributed by atoms with Gasteiger partial charge in [0.15, 0.2) is 5.13 Å². The second kappa shape index (κ2) is 10.8. The van der Waals surface area contributed by atoms with E-state index in [2.05, 4.69) is 25.2 Å². The minimum absolute atomic E-state index is 0.0224. The number of carbonyl (C=O) groups excluding carboxylic acids is 1. The molecule has 176 valence electrons. The van der Waals surface area contributed by atoms with E-state index in [1.54, 1.807) is 30.7 Å². The summed E-state index contributed by atoms with van der Waals surface area (Å²) in [7, 11) is 1.59. The van der Waals surface area contributed by atoms with Crippen LogP contribution in [0.15, 0.2) is 58.4 Å². The SMILES string of the molecule is COc1ccc(-c2noc(CCCC(=O)Nc3nc(-c4ccccc4OC(F)F)cs3)n2)cc1. The lowest BCUT2D eigenvalue weighted by Crippen LogP contribution is -2.11. The number of anilines is 1. The number of hydrogen-bond donors (Lipinski definition) is 1. The maximum atomic E-state index is 12.6. The molecule has 11 heteroatoms. The molecule has 2 heterocycles. The number of nitrogens with zero attached hydrogens (tertiary/aromatic N) is 3. The molecule has 1 N–H and O–H groups in total. The van der Waals surface area contributed by atoms with Crippen LogP contribution in [0.5, 0.6) is 11.5 Å². The van der Waals surface area contributed by atoms with Crippen molar-refractivity contribution in [3.05, 3.63) is 59.8 Å². The Balaban J connectivity index is 1.28. The van der Waals surface area contributed by atoms with E-state index in [-0.39, 0.29) is 18.1 Å². The fourth-order valence-corrected chi connectivity index (χ4v) is 3.85. The molecule has 0 aliphatic heterocycles. The number of methoxy groups -OCH3 is 1. The highest BCUT2D eigenvalue weighted by molar-refractivity contribution is 7.14. The quantitative estimate of drug-likeness (QED) is 0.319. The Hall–Kier alpha value is -3.86. The van der Waals surface area contributed by atoms with Gasteiger partial charge in [0.2, 0.25) is 17.6 Å². The maximum Gasteiger partial charge on any atom is 0.387 e. The molecule has 8 nitrogen and oxygen atoms in total. The Morgan fingerprint density at radius 3 is 2.71 bits per heavy atom. The van der Waals surface area contributed by atoms with Crippen LogP contribution in [-0.2, 0) is 11.2 Å². The van der Waals surface area contributed by atoms with Gasteiger partial charge in [-0.15, -0.1) is 11.3 Å². The van der Waals surface area contributed by atoms with E-state index < -0.39 is 6.61 Å². The third kappa shape index (κ3) is 5.93. The number of nitrogens with one attached hydrogen (secondary N) is 1. The van der Waals surface area contributed by atoms with Crippen molar-refractivity contribution in [2.24, 2.45) is 0 Å². The smallest absolute Gasteiger partial charge is 0.387 e. The molecule has 0 bridgehead atoms. The Bertz CT molecular complexity index is 1240. The Kier molecular flexibility index (Phi) is 7.43. The summed E-state index contributed by atoms with van der Waals surface area (Å²) in [5.74, 6) is 1.43. The normalized spacial score (nSPS) is 10.9. The molecule has 1 amide bonds. The van der Waals surface area contributed by atoms with Gasteiger partial charge in [0.05, 0.1) is 12.8 Å².